The lowest BCUT2D eigenvalue weighted by Crippen LogP contribution is -2.41. The maximum absolute atomic E-state index is 9.76. The molecule has 1 heterocycles. The van der Waals surface area contributed by atoms with E-state index in [0.29, 0.717) is 12.5 Å². The molecule has 0 bridgehead atoms. The predicted molar refractivity (Wildman–Crippen MR) is 57.1 cm³/mol. The van der Waals surface area contributed by atoms with Crippen molar-refractivity contribution >= 4 is 0 Å². The van der Waals surface area contributed by atoms with Crippen LogP contribution in [0.4, 0.5) is 0 Å². The molecule has 0 aromatic heterocycles. The van der Waals surface area contributed by atoms with Gasteiger partial charge in [0.25, 0.3) is 0 Å². The zero-order chi connectivity index (χ0) is 10.6. The largest absolute Gasteiger partial charge is 0.367 e. The maximum Gasteiger partial charge on any atom is 0.169 e. The van der Waals surface area contributed by atoms with Crippen molar-refractivity contribution in [2.24, 2.45) is 5.92 Å². The van der Waals surface area contributed by atoms with Crippen LogP contribution in [-0.2, 0) is 4.74 Å². The average Bonchev–Trinajstić information content (AvgIpc) is 2.65. The third-order valence-corrected chi connectivity index (χ3v) is 2.73. The quantitative estimate of drug-likeness (QED) is 0.684. The third-order valence-electron chi connectivity index (χ3n) is 2.73. The predicted octanol–water partition coefficient (Wildman–Crippen LogP) is 1.46. The molecule has 1 saturated heterocycles. The summed E-state index contributed by atoms with van der Waals surface area (Å²) in [7, 11) is 0. The van der Waals surface area contributed by atoms with E-state index in [9.17, 15) is 5.11 Å². The summed E-state index contributed by atoms with van der Waals surface area (Å²) in [5, 5.41) is 9.76. The van der Waals surface area contributed by atoms with E-state index in [1.165, 1.54) is 12.8 Å². The van der Waals surface area contributed by atoms with Crippen LogP contribution in [0.5, 0.6) is 0 Å². The summed E-state index contributed by atoms with van der Waals surface area (Å²) in [6, 6.07) is 0.135. The highest BCUT2D eigenvalue weighted by Crippen LogP contribution is 2.14. The van der Waals surface area contributed by atoms with Gasteiger partial charge in [-0.25, -0.2) is 0 Å². The number of likely N-dealkylation sites (tertiary alicyclic amines) is 1. The molecule has 0 saturated carbocycles. The molecule has 0 spiro atoms. The van der Waals surface area contributed by atoms with Gasteiger partial charge in [-0.3, -0.25) is 4.90 Å². The summed E-state index contributed by atoms with van der Waals surface area (Å²) in [6.07, 6.45) is 1.87. The molecule has 0 aromatic rings. The Balaban J connectivity index is 2.24. The van der Waals surface area contributed by atoms with E-state index in [1.807, 2.05) is 6.92 Å². The Labute approximate surface area is 87.1 Å². The summed E-state index contributed by atoms with van der Waals surface area (Å²) in [6.45, 7) is 9.06. The standard InChI is InChI=1S/C11H23NO2/c1-9(2)8-14-11(13)10(3)12-6-4-5-7-12/h9-11,13H,4-8H2,1-3H3. The first-order chi connectivity index (χ1) is 6.61. The fourth-order valence-corrected chi connectivity index (χ4v) is 1.76. The van der Waals surface area contributed by atoms with Crippen molar-refractivity contribution in [2.45, 2.75) is 45.9 Å². The minimum absolute atomic E-state index is 0.135. The molecule has 3 heteroatoms. The smallest absolute Gasteiger partial charge is 0.169 e. The van der Waals surface area contributed by atoms with Gasteiger partial charge in [0.2, 0.25) is 0 Å². The fourth-order valence-electron chi connectivity index (χ4n) is 1.76. The molecule has 2 atom stereocenters. The number of aliphatic hydroxyl groups excluding tert-OH is 1. The number of rotatable bonds is 5. The lowest BCUT2D eigenvalue weighted by Gasteiger charge is -2.28. The molecule has 0 aromatic carbocycles. The SMILES string of the molecule is CC(C)COC(O)C(C)N1CCCC1. The first-order valence-electron chi connectivity index (χ1n) is 5.65. The molecule has 1 N–H and O–H groups in total. The van der Waals surface area contributed by atoms with Crippen molar-refractivity contribution in [3.63, 3.8) is 0 Å². The van der Waals surface area contributed by atoms with Gasteiger partial charge in [-0.15, -0.1) is 0 Å². The second-order valence-electron chi connectivity index (χ2n) is 4.60. The lowest BCUT2D eigenvalue weighted by molar-refractivity contribution is -0.143. The number of hydrogen-bond acceptors (Lipinski definition) is 3. The average molecular weight is 201 g/mol. The molecule has 1 rings (SSSR count). The second kappa shape index (κ2) is 5.69. The Morgan fingerprint density at radius 1 is 1.21 bits per heavy atom. The van der Waals surface area contributed by atoms with E-state index >= 15 is 0 Å². The highest BCUT2D eigenvalue weighted by Gasteiger charge is 2.24. The lowest BCUT2D eigenvalue weighted by atomic mass is 10.2. The van der Waals surface area contributed by atoms with Crippen molar-refractivity contribution < 1.29 is 9.84 Å². The molecule has 0 radical (unpaired) electrons. The van der Waals surface area contributed by atoms with Crippen molar-refractivity contribution in [3.05, 3.63) is 0 Å². The monoisotopic (exact) mass is 201 g/mol. The zero-order valence-electron chi connectivity index (χ0n) is 9.57. The molecule has 0 aliphatic carbocycles. The van der Waals surface area contributed by atoms with Crippen LogP contribution in [0.1, 0.15) is 33.6 Å². The Bertz CT molecular complexity index is 155. The molecule has 1 aliphatic rings. The summed E-state index contributed by atoms with van der Waals surface area (Å²) >= 11 is 0. The molecule has 0 amide bonds. The molecule has 2 unspecified atom stereocenters. The minimum atomic E-state index is -0.629. The van der Waals surface area contributed by atoms with Crippen molar-refractivity contribution in [1.82, 2.24) is 4.90 Å². The van der Waals surface area contributed by atoms with E-state index in [4.69, 9.17) is 4.74 Å². The van der Waals surface area contributed by atoms with Gasteiger partial charge < -0.3 is 9.84 Å². The number of hydrogen-bond donors (Lipinski definition) is 1. The summed E-state index contributed by atoms with van der Waals surface area (Å²) in [5.74, 6) is 0.482. The van der Waals surface area contributed by atoms with Gasteiger partial charge in [-0.2, -0.15) is 0 Å². The van der Waals surface area contributed by atoms with E-state index in [-0.39, 0.29) is 6.04 Å². The van der Waals surface area contributed by atoms with Crippen LogP contribution in [-0.4, -0.2) is 42.0 Å². The Morgan fingerprint density at radius 2 is 1.79 bits per heavy atom. The van der Waals surface area contributed by atoms with Gasteiger partial charge in [0.1, 0.15) is 0 Å². The molecule has 84 valence electrons. The minimum Gasteiger partial charge on any atom is -0.367 e. The van der Waals surface area contributed by atoms with Crippen LogP contribution in [0.3, 0.4) is 0 Å². The Hall–Kier alpha value is -0.120. The zero-order valence-corrected chi connectivity index (χ0v) is 9.57. The number of nitrogens with zero attached hydrogens (tertiary/aromatic N) is 1. The third kappa shape index (κ3) is 3.56. The molecule has 1 aliphatic heterocycles. The van der Waals surface area contributed by atoms with Gasteiger partial charge in [-0.1, -0.05) is 13.8 Å². The fraction of sp³-hybridized carbons (Fsp3) is 1.00. The summed E-state index contributed by atoms with van der Waals surface area (Å²) in [4.78, 5) is 2.30. The first-order valence-corrected chi connectivity index (χ1v) is 5.65. The highest BCUT2D eigenvalue weighted by molar-refractivity contribution is 4.74. The molecular formula is C11H23NO2. The van der Waals surface area contributed by atoms with Crippen LogP contribution in [0.2, 0.25) is 0 Å². The van der Waals surface area contributed by atoms with Gasteiger partial charge in [-0.05, 0) is 38.8 Å². The van der Waals surface area contributed by atoms with Crippen LogP contribution >= 0.6 is 0 Å². The Morgan fingerprint density at radius 3 is 2.29 bits per heavy atom. The summed E-state index contributed by atoms with van der Waals surface area (Å²) < 4.78 is 5.39. The van der Waals surface area contributed by atoms with Crippen molar-refractivity contribution in [2.75, 3.05) is 19.7 Å². The Kier molecular flexibility index (Phi) is 4.85. The van der Waals surface area contributed by atoms with E-state index < -0.39 is 6.29 Å². The summed E-state index contributed by atoms with van der Waals surface area (Å²) in [5.41, 5.74) is 0. The highest BCUT2D eigenvalue weighted by atomic mass is 16.6. The number of ether oxygens (including phenoxy) is 1. The van der Waals surface area contributed by atoms with Gasteiger partial charge in [0, 0.05) is 0 Å². The van der Waals surface area contributed by atoms with Crippen LogP contribution in [0.25, 0.3) is 0 Å². The van der Waals surface area contributed by atoms with Crippen LogP contribution < -0.4 is 0 Å². The van der Waals surface area contributed by atoms with Gasteiger partial charge in [0.05, 0.1) is 12.6 Å². The van der Waals surface area contributed by atoms with Crippen molar-refractivity contribution in [3.8, 4) is 0 Å². The van der Waals surface area contributed by atoms with Gasteiger partial charge >= 0.3 is 0 Å². The topological polar surface area (TPSA) is 32.7 Å². The first kappa shape index (κ1) is 12.0. The molecular weight excluding hydrogens is 178 g/mol. The molecule has 14 heavy (non-hydrogen) atoms. The normalized spacial score (nSPS) is 22.9. The van der Waals surface area contributed by atoms with Crippen molar-refractivity contribution in [1.29, 1.82) is 0 Å². The van der Waals surface area contributed by atoms with E-state index in [2.05, 4.69) is 18.7 Å². The van der Waals surface area contributed by atoms with Crippen LogP contribution in [0.15, 0.2) is 0 Å². The van der Waals surface area contributed by atoms with Gasteiger partial charge in [0.15, 0.2) is 6.29 Å². The maximum atomic E-state index is 9.76. The van der Waals surface area contributed by atoms with E-state index in [0.717, 1.165) is 13.1 Å². The molecule has 3 nitrogen and oxygen atoms in total. The number of aliphatic hydroxyl groups is 1. The molecule has 1 fully saturated rings. The second-order valence-corrected chi connectivity index (χ2v) is 4.60. The van der Waals surface area contributed by atoms with E-state index in [1.54, 1.807) is 0 Å². The van der Waals surface area contributed by atoms with Crippen LogP contribution in [0, 0.1) is 5.92 Å².